The molecule has 1 fully saturated rings. The molecule has 0 unspecified atom stereocenters. The number of hydrogen-bond donors (Lipinski definition) is 1. The van der Waals surface area contributed by atoms with Crippen LogP contribution in [0.15, 0.2) is 60.7 Å². The van der Waals surface area contributed by atoms with Crippen LogP contribution >= 0.6 is 11.6 Å². The van der Waals surface area contributed by atoms with E-state index < -0.39 is 5.97 Å². The van der Waals surface area contributed by atoms with E-state index in [1.807, 2.05) is 49.4 Å². The van der Waals surface area contributed by atoms with Crippen LogP contribution in [-0.4, -0.2) is 66.6 Å². The van der Waals surface area contributed by atoms with Gasteiger partial charge in [-0.2, -0.15) is 0 Å². The van der Waals surface area contributed by atoms with Crippen molar-refractivity contribution in [1.82, 2.24) is 14.9 Å². The second-order valence-corrected chi connectivity index (χ2v) is 9.36. The summed E-state index contributed by atoms with van der Waals surface area (Å²) in [6.07, 6.45) is 0. The third-order valence-electron chi connectivity index (χ3n) is 6.55. The van der Waals surface area contributed by atoms with Crippen molar-refractivity contribution >= 4 is 40.2 Å². The lowest BCUT2D eigenvalue weighted by atomic mass is 10.1. The number of carbonyl (C=O) groups excluding carboxylic acids is 2. The van der Waals surface area contributed by atoms with Crippen LogP contribution in [0, 0.1) is 6.92 Å². The molecule has 0 radical (unpaired) electrons. The van der Waals surface area contributed by atoms with E-state index in [1.54, 1.807) is 30.2 Å². The number of aromatic amines is 1. The van der Waals surface area contributed by atoms with Crippen LogP contribution in [0.3, 0.4) is 0 Å². The topological polar surface area (TPSA) is 87.8 Å². The molecule has 3 aromatic carbocycles. The first-order chi connectivity index (χ1) is 17.9. The van der Waals surface area contributed by atoms with Crippen LogP contribution in [0.1, 0.15) is 15.9 Å². The van der Waals surface area contributed by atoms with Crippen molar-refractivity contribution in [2.24, 2.45) is 0 Å². The summed E-state index contributed by atoms with van der Waals surface area (Å²) in [5.74, 6) is 0.687. The average molecular weight is 519 g/mol. The number of ether oxygens (including phenoxy) is 2. The molecule has 0 bridgehead atoms. The Labute approximate surface area is 219 Å². The second-order valence-electron chi connectivity index (χ2n) is 8.92. The number of fused-ring (bicyclic) bond motifs is 1. The molecule has 0 saturated carbocycles. The number of hydrogen-bond acceptors (Lipinski definition) is 6. The zero-order chi connectivity index (χ0) is 25.9. The maximum absolute atomic E-state index is 12.7. The van der Waals surface area contributed by atoms with Gasteiger partial charge in [0, 0.05) is 42.5 Å². The Balaban J connectivity index is 1.17. The SMILES string of the molecule is COc1ccc(-c2nc3ccc(C(=O)OCC(=O)N4CCN(c5cc(Cl)ccc5C)CC4)cc3[nH]2)cc1. The van der Waals surface area contributed by atoms with Crippen molar-refractivity contribution < 1.29 is 19.1 Å². The largest absolute Gasteiger partial charge is 0.497 e. The summed E-state index contributed by atoms with van der Waals surface area (Å²) in [7, 11) is 1.62. The molecule has 2 heterocycles. The number of amides is 1. The fourth-order valence-corrected chi connectivity index (χ4v) is 4.61. The zero-order valence-electron chi connectivity index (χ0n) is 20.7. The third-order valence-corrected chi connectivity index (χ3v) is 6.79. The minimum Gasteiger partial charge on any atom is -0.497 e. The van der Waals surface area contributed by atoms with E-state index in [1.165, 1.54) is 0 Å². The number of H-pyrrole nitrogens is 1. The van der Waals surface area contributed by atoms with E-state index in [2.05, 4.69) is 14.9 Å². The number of rotatable bonds is 6. The van der Waals surface area contributed by atoms with E-state index in [0.29, 0.717) is 48.1 Å². The number of aryl methyl sites for hydroxylation is 1. The quantitative estimate of drug-likeness (QED) is 0.372. The number of nitrogens with one attached hydrogen (secondary N) is 1. The molecular formula is C28H27ClN4O4. The third kappa shape index (κ3) is 5.39. The molecule has 5 rings (SSSR count). The molecule has 9 heteroatoms. The highest BCUT2D eigenvalue weighted by Gasteiger charge is 2.23. The molecule has 8 nitrogen and oxygen atoms in total. The number of carbonyl (C=O) groups is 2. The number of benzene rings is 3. The van der Waals surface area contributed by atoms with Crippen LogP contribution in [0.2, 0.25) is 5.02 Å². The minimum atomic E-state index is -0.552. The summed E-state index contributed by atoms with van der Waals surface area (Å²) >= 11 is 6.16. The van der Waals surface area contributed by atoms with Crippen LogP contribution in [0.25, 0.3) is 22.4 Å². The summed E-state index contributed by atoms with van der Waals surface area (Å²) in [5.41, 5.74) is 4.91. The van der Waals surface area contributed by atoms with Gasteiger partial charge in [-0.1, -0.05) is 17.7 Å². The molecule has 1 saturated heterocycles. The Morgan fingerprint density at radius 2 is 1.76 bits per heavy atom. The van der Waals surface area contributed by atoms with Crippen molar-refractivity contribution in [2.45, 2.75) is 6.92 Å². The molecule has 1 N–H and O–H groups in total. The van der Waals surface area contributed by atoms with Gasteiger partial charge in [0.1, 0.15) is 11.6 Å². The Morgan fingerprint density at radius 1 is 1.00 bits per heavy atom. The number of piperazine rings is 1. The fourth-order valence-electron chi connectivity index (χ4n) is 4.44. The highest BCUT2D eigenvalue weighted by atomic mass is 35.5. The normalized spacial score (nSPS) is 13.6. The maximum atomic E-state index is 12.7. The van der Waals surface area contributed by atoms with Crippen molar-refractivity contribution in [3.8, 4) is 17.1 Å². The lowest BCUT2D eigenvalue weighted by Crippen LogP contribution is -2.50. The van der Waals surface area contributed by atoms with Gasteiger partial charge in [-0.25, -0.2) is 9.78 Å². The number of imidazole rings is 1. The smallest absolute Gasteiger partial charge is 0.338 e. The van der Waals surface area contributed by atoms with E-state index in [0.717, 1.165) is 28.1 Å². The van der Waals surface area contributed by atoms with Crippen LogP contribution in [0.4, 0.5) is 5.69 Å². The number of methoxy groups -OCH3 is 1. The highest BCUT2D eigenvalue weighted by Crippen LogP contribution is 2.26. The van der Waals surface area contributed by atoms with Gasteiger partial charge in [0.25, 0.3) is 5.91 Å². The summed E-state index contributed by atoms with van der Waals surface area (Å²) in [6.45, 7) is 4.23. The molecule has 4 aromatic rings. The number of halogens is 1. The molecule has 190 valence electrons. The Bertz CT molecular complexity index is 1440. The molecule has 1 aromatic heterocycles. The van der Waals surface area contributed by atoms with Crippen molar-refractivity contribution in [2.75, 3.05) is 44.8 Å². The molecule has 1 aliphatic heterocycles. The lowest BCUT2D eigenvalue weighted by Gasteiger charge is -2.36. The molecule has 0 aliphatic carbocycles. The Hall–Kier alpha value is -4.04. The summed E-state index contributed by atoms with van der Waals surface area (Å²) in [4.78, 5) is 37.1. The number of aromatic nitrogens is 2. The first-order valence-corrected chi connectivity index (χ1v) is 12.4. The van der Waals surface area contributed by atoms with Crippen molar-refractivity contribution in [3.63, 3.8) is 0 Å². The molecular weight excluding hydrogens is 492 g/mol. The average Bonchev–Trinajstić information content (AvgIpc) is 3.36. The second kappa shape index (κ2) is 10.5. The number of esters is 1. The molecule has 37 heavy (non-hydrogen) atoms. The Morgan fingerprint density at radius 3 is 2.49 bits per heavy atom. The fraction of sp³-hybridized carbons (Fsp3) is 0.250. The van der Waals surface area contributed by atoms with Gasteiger partial charge in [-0.05, 0) is 67.1 Å². The Kier molecular flexibility index (Phi) is 7.01. The van der Waals surface area contributed by atoms with Gasteiger partial charge in [0.2, 0.25) is 0 Å². The molecule has 1 amide bonds. The minimum absolute atomic E-state index is 0.208. The number of anilines is 1. The first kappa shape index (κ1) is 24.6. The first-order valence-electron chi connectivity index (χ1n) is 12.0. The lowest BCUT2D eigenvalue weighted by molar-refractivity contribution is -0.134. The van der Waals surface area contributed by atoms with Crippen LogP contribution in [0.5, 0.6) is 5.75 Å². The van der Waals surface area contributed by atoms with Gasteiger partial charge < -0.3 is 24.3 Å². The molecule has 0 spiro atoms. The highest BCUT2D eigenvalue weighted by molar-refractivity contribution is 6.30. The van der Waals surface area contributed by atoms with Gasteiger partial charge in [-0.3, -0.25) is 4.79 Å². The van der Waals surface area contributed by atoms with E-state index in [9.17, 15) is 9.59 Å². The van der Waals surface area contributed by atoms with Crippen molar-refractivity contribution in [1.29, 1.82) is 0 Å². The maximum Gasteiger partial charge on any atom is 0.338 e. The van der Waals surface area contributed by atoms with E-state index >= 15 is 0 Å². The molecule has 0 atom stereocenters. The van der Waals surface area contributed by atoms with E-state index in [4.69, 9.17) is 21.1 Å². The van der Waals surface area contributed by atoms with Gasteiger partial charge in [0.15, 0.2) is 6.61 Å². The summed E-state index contributed by atoms with van der Waals surface area (Å²) in [6, 6.07) is 18.5. The summed E-state index contributed by atoms with van der Waals surface area (Å²) < 4.78 is 10.5. The van der Waals surface area contributed by atoms with E-state index in [-0.39, 0.29) is 12.5 Å². The van der Waals surface area contributed by atoms with Crippen LogP contribution < -0.4 is 9.64 Å². The predicted octanol–water partition coefficient (Wildman–Crippen LogP) is 4.71. The monoisotopic (exact) mass is 518 g/mol. The van der Waals surface area contributed by atoms with Gasteiger partial charge >= 0.3 is 5.97 Å². The summed E-state index contributed by atoms with van der Waals surface area (Å²) in [5, 5.41) is 0.691. The standard InChI is InChI=1S/C28H27ClN4O4/c1-18-3-7-21(29)16-25(18)32-11-13-33(14-12-32)26(34)17-37-28(35)20-6-10-23-24(15-20)31-27(30-23)19-4-8-22(36-2)9-5-19/h3-10,15-16H,11-14,17H2,1-2H3,(H,30,31). The van der Waals surface area contributed by atoms with Gasteiger partial charge in [0.05, 0.1) is 23.7 Å². The number of nitrogens with zero attached hydrogens (tertiary/aromatic N) is 3. The molecule has 1 aliphatic rings. The predicted molar refractivity (Wildman–Crippen MR) is 143 cm³/mol. The van der Waals surface area contributed by atoms with Crippen LogP contribution in [-0.2, 0) is 9.53 Å². The van der Waals surface area contributed by atoms with Crippen molar-refractivity contribution in [3.05, 3.63) is 76.8 Å². The van der Waals surface area contributed by atoms with Gasteiger partial charge in [-0.15, -0.1) is 0 Å². The zero-order valence-corrected chi connectivity index (χ0v) is 21.4.